The van der Waals surface area contributed by atoms with Crippen LogP contribution in [-0.2, 0) is 23.0 Å². The van der Waals surface area contributed by atoms with Gasteiger partial charge in [0.25, 0.3) is 5.91 Å². The van der Waals surface area contributed by atoms with Crippen molar-refractivity contribution in [3.8, 4) is 0 Å². The summed E-state index contributed by atoms with van der Waals surface area (Å²) in [4.78, 5) is 15.4. The summed E-state index contributed by atoms with van der Waals surface area (Å²) >= 11 is 3.38. The van der Waals surface area contributed by atoms with Gasteiger partial charge in [0, 0.05) is 22.5 Å². The average Bonchev–Trinajstić information content (AvgIpc) is 3.23. The average molecular weight is 486 g/mol. The third kappa shape index (κ3) is 5.29. The second-order valence-corrected chi connectivity index (χ2v) is 10.0. The maximum Gasteiger partial charge on any atom is 0.289 e. The van der Waals surface area contributed by atoms with E-state index >= 15 is 0 Å². The van der Waals surface area contributed by atoms with Crippen molar-refractivity contribution >= 4 is 32.6 Å². The van der Waals surface area contributed by atoms with E-state index in [1.54, 1.807) is 12.1 Å². The fourth-order valence-corrected chi connectivity index (χ4v) is 5.10. The zero-order valence-electron chi connectivity index (χ0n) is 16.6. The molecule has 156 valence electrons. The topological polar surface area (TPSA) is 50.5 Å². The van der Waals surface area contributed by atoms with Gasteiger partial charge >= 0.3 is 0 Å². The first-order chi connectivity index (χ1) is 14.6. The van der Waals surface area contributed by atoms with Gasteiger partial charge in [-0.3, -0.25) is 9.00 Å². The summed E-state index contributed by atoms with van der Waals surface area (Å²) in [6, 6.07) is 21.4. The molecule has 0 aliphatic carbocycles. The highest BCUT2D eigenvalue weighted by Crippen LogP contribution is 2.24. The number of rotatable bonds is 6. The lowest BCUT2D eigenvalue weighted by Crippen LogP contribution is -2.38. The maximum absolute atomic E-state index is 12.8. The number of hydrogen-bond acceptors (Lipinski definition) is 3. The zero-order chi connectivity index (χ0) is 20.9. The number of likely N-dealkylation sites (tertiary alicyclic amines) is 1. The molecule has 0 bridgehead atoms. The number of benzene rings is 2. The standard InChI is InChI=1S/C24H24BrNO3S/c25-20-6-9-22(10-7-20)30(28)17-21-8-11-23(29-21)24(27)26-14-12-19(13-15-26)16-18-4-2-1-3-5-18/h1-11,19H,12-17H2/t30-/m1/s1. The molecular formula is C24H24BrNO3S. The van der Waals surface area contributed by atoms with Crippen LogP contribution in [0.2, 0.25) is 0 Å². The molecule has 1 saturated heterocycles. The van der Waals surface area contributed by atoms with E-state index in [4.69, 9.17) is 4.42 Å². The Morgan fingerprint density at radius 2 is 1.70 bits per heavy atom. The monoisotopic (exact) mass is 485 g/mol. The molecule has 1 aromatic heterocycles. The van der Waals surface area contributed by atoms with E-state index in [1.165, 1.54) is 5.56 Å². The molecule has 0 N–H and O–H groups in total. The molecule has 1 aliphatic heterocycles. The predicted octanol–water partition coefficient (Wildman–Crippen LogP) is 5.44. The van der Waals surface area contributed by atoms with E-state index in [2.05, 4.69) is 40.2 Å². The summed E-state index contributed by atoms with van der Waals surface area (Å²) < 4.78 is 19.2. The minimum absolute atomic E-state index is 0.0752. The van der Waals surface area contributed by atoms with Crippen molar-refractivity contribution in [2.24, 2.45) is 5.92 Å². The van der Waals surface area contributed by atoms with Gasteiger partial charge in [-0.15, -0.1) is 0 Å². The van der Waals surface area contributed by atoms with Crippen LogP contribution in [0, 0.1) is 5.92 Å². The summed E-state index contributed by atoms with van der Waals surface area (Å²) in [5.41, 5.74) is 1.36. The third-order valence-electron chi connectivity index (χ3n) is 5.49. The van der Waals surface area contributed by atoms with Gasteiger partial charge in [-0.1, -0.05) is 46.3 Å². The Kier molecular flexibility index (Phi) is 6.85. The fraction of sp³-hybridized carbons (Fsp3) is 0.292. The van der Waals surface area contributed by atoms with E-state index < -0.39 is 10.8 Å². The maximum atomic E-state index is 12.8. The minimum Gasteiger partial charge on any atom is -0.455 e. The molecule has 4 nitrogen and oxygen atoms in total. The van der Waals surface area contributed by atoms with Gasteiger partial charge in [-0.05, 0) is 67.1 Å². The van der Waals surface area contributed by atoms with Crippen LogP contribution in [0.3, 0.4) is 0 Å². The Hall–Kier alpha value is -2.18. The zero-order valence-corrected chi connectivity index (χ0v) is 19.0. The fourth-order valence-electron chi connectivity index (χ4n) is 3.81. The molecule has 0 spiro atoms. The Labute approximate surface area is 187 Å². The highest BCUT2D eigenvalue weighted by molar-refractivity contribution is 9.10. The van der Waals surface area contributed by atoms with Crippen LogP contribution in [-0.4, -0.2) is 28.1 Å². The highest BCUT2D eigenvalue weighted by atomic mass is 79.9. The molecule has 0 unspecified atom stereocenters. The number of piperidine rings is 1. The van der Waals surface area contributed by atoms with Crippen LogP contribution < -0.4 is 0 Å². The van der Waals surface area contributed by atoms with E-state index in [9.17, 15) is 9.00 Å². The van der Waals surface area contributed by atoms with Crippen molar-refractivity contribution in [2.45, 2.75) is 29.9 Å². The number of halogens is 1. The lowest BCUT2D eigenvalue weighted by Gasteiger charge is -2.31. The first-order valence-corrected chi connectivity index (χ1v) is 12.3. The Morgan fingerprint density at radius 1 is 1.00 bits per heavy atom. The summed E-state index contributed by atoms with van der Waals surface area (Å²) in [5, 5.41) is 0. The molecule has 3 aromatic rings. The first kappa shape index (κ1) is 21.1. The van der Waals surface area contributed by atoms with Crippen LogP contribution in [0.1, 0.15) is 34.7 Å². The van der Waals surface area contributed by atoms with Gasteiger partial charge in [-0.25, -0.2) is 0 Å². The highest BCUT2D eigenvalue weighted by Gasteiger charge is 2.25. The Morgan fingerprint density at radius 3 is 2.40 bits per heavy atom. The van der Waals surface area contributed by atoms with Gasteiger partial charge < -0.3 is 9.32 Å². The summed E-state index contributed by atoms with van der Waals surface area (Å²) in [6.07, 6.45) is 3.07. The smallest absolute Gasteiger partial charge is 0.289 e. The van der Waals surface area contributed by atoms with Crippen molar-refractivity contribution in [3.63, 3.8) is 0 Å². The van der Waals surface area contributed by atoms with Crippen LogP contribution in [0.25, 0.3) is 0 Å². The second-order valence-electron chi connectivity index (χ2n) is 7.64. The number of amides is 1. The lowest BCUT2D eigenvalue weighted by atomic mass is 9.90. The van der Waals surface area contributed by atoms with Crippen molar-refractivity contribution < 1.29 is 13.4 Å². The molecule has 4 rings (SSSR count). The quantitative estimate of drug-likeness (QED) is 0.466. The largest absolute Gasteiger partial charge is 0.455 e. The summed E-state index contributed by atoms with van der Waals surface area (Å²) in [6.45, 7) is 1.49. The number of carbonyl (C=O) groups is 1. The molecule has 1 aliphatic rings. The number of nitrogens with zero attached hydrogens (tertiary/aromatic N) is 1. The molecule has 30 heavy (non-hydrogen) atoms. The normalized spacial score (nSPS) is 15.8. The Balaban J connectivity index is 1.31. The van der Waals surface area contributed by atoms with E-state index in [0.29, 0.717) is 17.4 Å². The van der Waals surface area contributed by atoms with Crippen LogP contribution in [0.4, 0.5) is 0 Å². The van der Waals surface area contributed by atoms with Gasteiger partial charge in [0.15, 0.2) is 5.76 Å². The van der Waals surface area contributed by atoms with E-state index in [1.807, 2.05) is 35.2 Å². The number of carbonyl (C=O) groups excluding carboxylic acids is 1. The summed E-state index contributed by atoms with van der Waals surface area (Å²) in [7, 11) is -1.21. The van der Waals surface area contributed by atoms with Crippen molar-refractivity contribution in [2.75, 3.05) is 13.1 Å². The van der Waals surface area contributed by atoms with Gasteiger partial charge in [0.05, 0.1) is 16.6 Å². The van der Waals surface area contributed by atoms with E-state index in [-0.39, 0.29) is 11.7 Å². The SMILES string of the molecule is O=C(c1ccc(C[S@@](=O)c2ccc(Br)cc2)o1)N1CCC(Cc2ccccc2)CC1. The molecule has 0 saturated carbocycles. The van der Waals surface area contributed by atoms with Crippen molar-refractivity contribution in [1.82, 2.24) is 4.90 Å². The number of furan rings is 1. The first-order valence-electron chi connectivity index (χ1n) is 10.1. The molecule has 6 heteroatoms. The van der Waals surface area contributed by atoms with Gasteiger partial charge in [0.2, 0.25) is 0 Å². The molecule has 2 aromatic carbocycles. The molecule has 0 radical (unpaired) electrons. The minimum atomic E-state index is -1.21. The van der Waals surface area contributed by atoms with Crippen molar-refractivity contribution in [1.29, 1.82) is 0 Å². The predicted molar refractivity (Wildman–Crippen MR) is 122 cm³/mol. The lowest BCUT2D eigenvalue weighted by molar-refractivity contribution is 0.0657. The van der Waals surface area contributed by atoms with Gasteiger partial charge in [0.1, 0.15) is 5.76 Å². The molecule has 2 heterocycles. The van der Waals surface area contributed by atoms with Crippen LogP contribution in [0.15, 0.2) is 80.5 Å². The third-order valence-corrected chi connectivity index (χ3v) is 7.36. The van der Waals surface area contributed by atoms with Gasteiger partial charge in [-0.2, -0.15) is 0 Å². The number of hydrogen-bond donors (Lipinski definition) is 0. The van der Waals surface area contributed by atoms with Crippen LogP contribution >= 0.6 is 15.9 Å². The molecule has 1 amide bonds. The molecule has 1 atom stereocenters. The second kappa shape index (κ2) is 9.75. The molecular weight excluding hydrogens is 462 g/mol. The van der Waals surface area contributed by atoms with E-state index in [0.717, 1.165) is 41.7 Å². The summed E-state index contributed by atoms with van der Waals surface area (Å²) in [5.74, 6) is 1.69. The molecule has 1 fully saturated rings. The Bertz CT molecular complexity index is 1010. The van der Waals surface area contributed by atoms with Crippen molar-refractivity contribution in [3.05, 3.63) is 88.3 Å². The van der Waals surface area contributed by atoms with Crippen LogP contribution in [0.5, 0.6) is 0 Å².